The monoisotopic (exact) mass is 412 g/mol. The molecule has 29 heavy (non-hydrogen) atoms. The first-order chi connectivity index (χ1) is 14.0. The molecule has 8 heteroatoms. The van der Waals surface area contributed by atoms with Crippen molar-refractivity contribution in [2.75, 3.05) is 16.8 Å². The van der Waals surface area contributed by atoms with E-state index in [-0.39, 0.29) is 30.5 Å². The van der Waals surface area contributed by atoms with Gasteiger partial charge in [0.25, 0.3) is 0 Å². The Labute approximate surface area is 172 Å². The first-order valence-corrected chi connectivity index (χ1v) is 9.87. The number of aryl methyl sites for hydroxylation is 2. The van der Waals surface area contributed by atoms with Gasteiger partial charge >= 0.3 is 5.69 Å². The lowest BCUT2D eigenvalue weighted by Gasteiger charge is -2.18. The number of imidazole rings is 1. The fraction of sp³-hybridized carbons (Fsp3) is 0.286. The van der Waals surface area contributed by atoms with Crippen LogP contribution in [-0.2, 0) is 23.2 Å². The maximum absolute atomic E-state index is 12.4. The van der Waals surface area contributed by atoms with E-state index in [1.54, 1.807) is 39.3 Å². The van der Waals surface area contributed by atoms with Gasteiger partial charge in [-0.15, -0.1) is 0 Å². The van der Waals surface area contributed by atoms with E-state index in [2.05, 4.69) is 5.32 Å². The lowest BCUT2D eigenvalue weighted by Crippen LogP contribution is -2.25. The summed E-state index contributed by atoms with van der Waals surface area (Å²) in [6.07, 6.45) is 1.50. The lowest BCUT2D eigenvalue weighted by atomic mass is 10.2. The Morgan fingerprint density at radius 1 is 1.14 bits per heavy atom. The molecule has 0 radical (unpaired) electrons. The van der Waals surface area contributed by atoms with Gasteiger partial charge in [0.2, 0.25) is 11.8 Å². The number of hydrogen-bond donors (Lipinski definition) is 1. The number of rotatable bonds is 5. The summed E-state index contributed by atoms with van der Waals surface area (Å²) in [5, 5.41) is 3.23. The summed E-state index contributed by atoms with van der Waals surface area (Å²) in [7, 11) is 1.72. The topological polar surface area (TPSA) is 76.3 Å². The number of nitrogens with one attached hydrogen (secondary N) is 1. The molecule has 1 aliphatic heterocycles. The van der Waals surface area contributed by atoms with Crippen LogP contribution in [0.3, 0.4) is 0 Å². The van der Waals surface area contributed by atoms with Crippen molar-refractivity contribution in [3.05, 3.63) is 58.0 Å². The predicted octanol–water partition coefficient (Wildman–Crippen LogP) is 3.15. The van der Waals surface area contributed by atoms with Crippen LogP contribution >= 0.6 is 11.6 Å². The zero-order valence-electron chi connectivity index (χ0n) is 16.0. The van der Waals surface area contributed by atoms with Crippen molar-refractivity contribution in [2.24, 2.45) is 7.05 Å². The number of fused-ring (bicyclic) bond motifs is 1. The maximum atomic E-state index is 12.4. The molecular weight excluding hydrogens is 392 g/mol. The van der Waals surface area contributed by atoms with Gasteiger partial charge in [-0.25, -0.2) is 4.79 Å². The Morgan fingerprint density at radius 2 is 1.90 bits per heavy atom. The largest absolute Gasteiger partial charge is 0.328 e. The van der Waals surface area contributed by atoms with E-state index >= 15 is 0 Å². The van der Waals surface area contributed by atoms with Gasteiger partial charge in [-0.1, -0.05) is 23.7 Å². The van der Waals surface area contributed by atoms with Crippen LogP contribution in [0, 0.1) is 0 Å². The van der Waals surface area contributed by atoms with Gasteiger partial charge in [0.15, 0.2) is 0 Å². The van der Waals surface area contributed by atoms with E-state index in [1.165, 1.54) is 0 Å². The molecule has 1 aromatic heterocycles. The lowest BCUT2D eigenvalue weighted by molar-refractivity contribution is -0.117. The molecule has 1 N–H and O–H groups in total. The predicted molar refractivity (Wildman–Crippen MR) is 113 cm³/mol. The van der Waals surface area contributed by atoms with Gasteiger partial charge in [0.05, 0.1) is 21.7 Å². The smallest absolute Gasteiger partial charge is 0.326 e. The van der Waals surface area contributed by atoms with Gasteiger partial charge in [-0.05, 0) is 36.8 Å². The molecule has 0 unspecified atom stereocenters. The van der Waals surface area contributed by atoms with Crippen molar-refractivity contribution in [2.45, 2.75) is 25.8 Å². The summed E-state index contributed by atoms with van der Waals surface area (Å²) in [6, 6.07) is 12.6. The molecule has 2 amide bonds. The Balaban J connectivity index is 1.44. The molecule has 1 aliphatic rings. The summed E-state index contributed by atoms with van der Waals surface area (Å²) in [5.41, 5.74) is 2.70. The second-order valence-corrected chi connectivity index (χ2v) is 7.50. The number of aromatic nitrogens is 2. The van der Waals surface area contributed by atoms with Crippen LogP contribution in [0.5, 0.6) is 0 Å². The Hall–Kier alpha value is -3.06. The number of halogens is 1. The van der Waals surface area contributed by atoms with Crippen LogP contribution in [0.4, 0.5) is 11.4 Å². The number of nitrogens with zero attached hydrogens (tertiary/aromatic N) is 3. The average molecular weight is 413 g/mol. The van der Waals surface area contributed by atoms with Crippen molar-refractivity contribution < 1.29 is 9.59 Å². The van der Waals surface area contributed by atoms with E-state index in [0.717, 1.165) is 17.5 Å². The van der Waals surface area contributed by atoms with E-state index in [4.69, 9.17) is 11.6 Å². The summed E-state index contributed by atoms with van der Waals surface area (Å²) in [6.45, 7) is 0.935. The molecule has 1 saturated heterocycles. The third-order valence-electron chi connectivity index (χ3n) is 5.21. The number of para-hydroxylation sites is 2. The Morgan fingerprint density at radius 3 is 2.59 bits per heavy atom. The zero-order valence-corrected chi connectivity index (χ0v) is 16.8. The Kier molecular flexibility index (Phi) is 5.15. The Bertz CT molecular complexity index is 1160. The summed E-state index contributed by atoms with van der Waals surface area (Å²) >= 11 is 6.33. The summed E-state index contributed by atoms with van der Waals surface area (Å²) in [5.74, 6) is -0.157. The van der Waals surface area contributed by atoms with Crippen molar-refractivity contribution in [3.63, 3.8) is 0 Å². The fourth-order valence-electron chi connectivity index (χ4n) is 3.72. The standard InChI is InChI=1S/C21H21ClN4O3/c1-24-17-5-2-3-6-18(17)26(21(24)29)12-10-19(27)23-14-8-9-16(15(22)13-14)25-11-4-7-20(25)28/h2-3,5-6,8-9,13H,4,7,10-12H2,1H3,(H,23,27). The van der Waals surface area contributed by atoms with Crippen molar-refractivity contribution in [1.29, 1.82) is 0 Å². The zero-order chi connectivity index (χ0) is 20.5. The van der Waals surface area contributed by atoms with Gasteiger partial charge in [-0.3, -0.25) is 18.7 Å². The van der Waals surface area contributed by atoms with Crippen LogP contribution in [-0.4, -0.2) is 27.5 Å². The number of hydrogen-bond acceptors (Lipinski definition) is 3. The highest BCUT2D eigenvalue weighted by Gasteiger charge is 2.23. The van der Waals surface area contributed by atoms with E-state index < -0.39 is 0 Å². The molecule has 0 bridgehead atoms. The number of anilines is 2. The van der Waals surface area contributed by atoms with Crippen LogP contribution in [0.25, 0.3) is 11.0 Å². The molecule has 150 valence electrons. The van der Waals surface area contributed by atoms with Crippen LogP contribution < -0.4 is 15.9 Å². The summed E-state index contributed by atoms with van der Waals surface area (Å²) in [4.78, 5) is 38.4. The fourth-order valence-corrected chi connectivity index (χ4v) is 4.01. The molecule has 7 nitrogen and oxygen atoms in total. The normalized spacial score (nSPS) is 14.0. The highest BCUT2D eigenvalue weighted by Crippen LogP contribution is 2.31. The van der Waals surface area contributed by atoms with Crippen LogP contribution in [0.1, 0.15) is 19.3 Å². The molecule has 0 aliphatic carbocycles. The van der Waals surface area contributed by atoms with Gasteiger partial charge in [0, 0.05) is 38.7 Å². The SMILES string of the molecule is Cn1c(=O)n(CCC(=O)Nc2ccc(N3CCCC3=O)c(Cl)c2)c2ccccc21. The third kappa shape index (κ3) is 3.65. The van der Waals surface area contributed by atoms with Crippen molar-refractivity contribution in [3.8, 4) is 0 Å². The first kappa shape index (κ1) is 19.3. The van der Waals surface area contributed by atoms with Crippen molar-refractivity contribution >= 4 is 45.8 Å². The van der Waals surface area contributed by atoms with Gasteiger partial charge < -0.3 is 10.2 Å². The minimum Gasteiger partial charge on any atom is -0.326 e. The van der Waals surface area contributed by atoms with Crippen LogP contribution in [0.2, 0.25) is 5.02 Å². The second-order valence-electron chi connectivity index (χ2n) is 7.10. The minimum absolute atomic E-state index is 0.0595. The van der Waals surface area contributed by atoms with Gasteiger partial charge in [0.1, 0.15) is 0 Å². The molecule has 4 rings (SSSR count). The third-order valence-corrected chi connectivity index (χ3v) is 5.51. The molecule has 1 fully saturated rings. The molecule has 2 heterocycles. The number of benzene rings is 2. The van der Waals surface area contributed by atoms with Gasteiger partial charge in [-0.2, -0.15) is 0 Å². The summed E-state index contributed by atoms with van der Waals surface area (Å²) < 4.78 is 3.18. The number of carbonyl (C=O) groups is 2. The molecule has 0 atom stereocenters. The van der Waals surface area contributed by atoms with Crippen LogP contribution in [0.15, 0.2) is 47.3 Å². The minimum atomic E-state index is -0.217. The second kappa shape index (κ2) is 7.75. The van der Waals surface area contributed by atoms with E-state index in [0.29, 0.717) is 29.4 Å². The molecule has 0 spiro atoms. The molecule has 3 aromatic rings. The maximum Gasteiger partial charge on any atom is 0.328 e. The van der Waals surface area contributed by atoms with E-state index in [1.807, 2.05) is 24.3 Å². The quantitative estimate of drug-likeness (QED) is 0.699. The van der Waals surface area contributed by atoms with E-state index in [9.17, 15) is 14.4 Å². The molecular formula is C21H21ClN4O3. The number of amides is 2. The highest BCUT2D eigenvalue weighted by molar-refractivity contribution is 6.34. The number of carbonyl (C=O) groups excluding carboxylic acids is 2. The molecule has 0 saturated carbocycles. The van der Waals surface area contributed by atoms with Crippen molar-refractivity contribution in [1.82, 2.24) is 9.13 Å². The average Bonchev–Trinajstić information content (AvgIpc) is 3.23. The first-order valence-electron chi connectivity index (χ1n) is 9.50. The molecule has 2 aromatic carbocycles. The highest BCUT2D eigenvalue weighted by atomic mass is 35.5.